The zero-order valence-electron chi connectivity index (χ0n) is 5.84. The standard InChI is InChI=1S/C7H5ClINO2/c8-4-1-3(7(11)12)5(9)2-6(4)10/h1-2H,10H2,(H,11,12). The molecule has 0 aliphatic heterocycles. The minimum absolute atomic E-state index is 0.176. The Kier molecular flexibility index (Phi) is 2.79. The van der Waals surface area contributed by atoms with Gasteiger partial charge in [0.2, 0.25) is 0 Å². The summed E-state index contributed by atoms with van der Waals surface area (Å²) in [6.07, 6.45) is 0. The van der Waals surface area contributed by atoms with E-state index in [1.807, 2.05) is 22.6 Å². The van der Waals surface area contributed by atoms with Crippen molar-refractivity contribution in [3.8, 4) is 0 Å². The molecule has 3 nitrogen and oxygen atoms in total. The van der Waals surface area contributed by atoms with Crippen LogP contribution in [0.5, 0.6) is 0 Å². The van der Waals surface area contributed by atoms with E-state index in [-0.39, 0.29) is 10.6 Å². The molecule has 64 valence electrons. The number of aromatic carboxylic acids is 1. The van der Waals surface area contributed by atoms with Gasteiger partial charge in [-0.3, -0.25) is 0 Å². The molecular weight excluding hydrogens is 292 g/mol. The van der Waals surface area contributed by atoms with Crippen molar-refractivity contribution in [2.24, 2.45) is 0 Å². The van der Waals surface area contributed by atoms with Gasteiger partial charge in [-0.1, -0.05) is 11.6 Å². The van der Waals surface area contributed by atoms with Crippen LogP contribution in [-0.4, -0.2) is 11.1 Å². The first-order valence-corrected chi connectivity index (χ1v) is 4.46. The predicted molar refractivity (Wildman–Crippen MR) is 55.5 cm³/mol. The maximum absolute atomic E-state index is 10.6. The van der Waals surface area contributed by atoms with Crippen molar-refractivity contribution >= 4 is 45.8 Å². The lowest BCUT2D eigenvalue weighted by Gasteiger charge is -2.02. The molecule has 0 heterocycles. The number of hydrogen-bond donors (Lipinski definition) is 2. The summed E-state index contributed by atoms with van der Waals surface area (Å²) in [5.41, 5.74) is 6.03. The summed E-state index contributed by atoms with van der Waals surface area (Å²) in [5, 5.41) is 8.95. The molecule has 0 unspecified atom stereocenters. The van der Waals surface area contributed by atoms with Crippen LogP contribution in [0.3, 0.4) is 0 Å². The van der Waals surface area contributed by atoms with Crippen molar-refractivity contribution in [2.75, 3.05) is 5.73 Å². The van der Waals surface area contributed by atoms with Gasteiger partial charge in [-0.15, -0.1) is 0 Å². The van der Waals surface area contributed by atoms with Crippen molar-refractivity contribution in [2.45, 2.75) is 0 Å². The molecule has 1 aromatic rings. The zero-order chi connectivity index (χ0) is 9.30. The Bertz CT molecular complexity index is 340. The van der Waals surface area contributed by atoms with Crippen molar-refractivity contribution in [3.63, 3.8) is 0 Å². The number of hydrogen-bond acceptors (Lipinski definition) is 2. The van der Waals surface area contributed by atoms with Crippen LogP contribution in [0, 0.1) is 3.57 Å². The fourth-order valence-electron chi connectivity index (χ4n) is 0.726. The summed E-state index contributed by atoms with van der Waals surface area (Å²) in [4.78, 5) is 10.6. The van der Waals surface area contributed by atoms with Crippen LogP contribution in [0.1, 0.15) is 10.4 Å². The molecule has 3 N–H and O–H groups in total. The van der Waals surface area contributed by atoms with E-state index in [0.29, 0.717) is 9.26 Å². The summed E-state index contributed by atoms with van der Waals surface area (Å²) in [5.74, 6) is -0.999. The van der Waals surface area contributed by atoms with E-state index in [2.05, 4.69) is 0 Å². The summed E-state index contributed by atoms with van der Waals surface area (Å²) in [6.45, 7) is 0. The van der Waals surface area contributed by atoms with Gasteiger partial charge in [0, 0.05) is 3.57 Å². The quantitative estimate of drug-likeness (QED) is 0.617. The van der Waals surface area contributed by atoms with E-state index < -0.39 is 5.97 Å². The first-order valence-electron chi connectivity index (χ1n) is 3.00. The van der Waals surface area contributed by atoms with E-state index in [1.165, 1.54) is 12.1 Å². The first-order chi connectivity index (χ1) is 5.52. The molecular formula is C7H5ClINO2. The second kappa shape index (κ2) is 3.49. The average Bonchev–Trinajstić information content (AvgIpc) is 1.96. The largest absolute Gasteiger partial charge is 0.478 e. The van der Waals surface area contributed by atoms with E-state index in [1.54, 1.807) is 0 Å². The fraction of sp³-hybridized carbons (Fsp3) is 0. The molecule has 5 heteroatoms. The number of nitrogen functional groups attached to an aromatic ring is 1. The van der Waals surface area contributed by atoms with Crippen LogP contribution < -0.4 is 5.73 Å². The van der Waals surface area contributed by atoms with E-state index >= 15 is 0 Å². The number of carboxylic acid groups (broad SMARTS) is 1. The third kappa shape index (κ3) is 1.81. The minimum Gasteiger partial charge on any atom is -0.478 e. The van der Waals surface area contributed by atoms with E-state index in [4.69, 9.17) is 22.4 Å². The highest BCUT2D eigenvalue weighted by Gasteiger charge is 2.10. The number of rotatable bonds is 1. The smallest absolute Gasteiger partial charge is 0.336 e. The van der Waals surface area contributed by atoms with Crippen LogP contribution in [-0.2, 0) is 0 Å². The molecule has 0 spiro atoms. The maximum Gasteiger partial charge on any atom is 0.336 e. The lowest BCUT2D eigenvalue weighted by atomic mass is 10.2. The molecule has 0 atom stereocenters. The van der Waals surface area contributed by atoms with Crippen LogP contribution in [0.2, 0.25) is 5.02 Å². The number of carboxylic acids is 1. The molecule has 12 heavy (non-hydrogen) atoms. The van der Waals surface area contributed by atoms with Crippen molar-refractivity contribution in [1.82, 2.24) is 0 Å². The van der Waals surface area contributed by atoms with Gasteiger partial charge in [0.25, 0.3) is 0 Å². The molecule has 0 aromatic heterocycles. The van der Waals surface area contributed by atoms with Gasteiger partial charge in [0.1, 0.15) is 0 Å². The van der Waals surface area contributed by atoms with Crippen LogP contribution in [0.4, 0.5) is 5.69 Å². The average molecular weight is 297 g/mol. The highest BCUT2D eigenvalue weighted by molar-refractivity contribution is 14.1. The summed E-state index contributed by atoms with van der Waals surface area (Å²) < 4.78 is 0.585. The van der Waals surface area contributed by atoms with E-state index in [9.17, 15) is 4.79 Å². The maximum atomic E-state index is 10.6. The summed E-state index contributed by atoms with van der Waals surface area (Å²) in [7, 11) is 0. The molecule has 1 rings (SSSR count). The molecule has 0 saturated carbocycles. The molecule has 1 aromatic carbocycles. The zero-order valence-corrected chi connectivity index (χ0v) is 8.76. The Balaban J connectivity index is 3.33. The molecule has 0 aliphatic carbocycles. The summed E-state index contributed by atoms with van der Waals surface area (Å²) >= 11 is 7.54. The monoisotopic (exact) mass is 297 g/mol. The van der Waals surface area contributed by atoms with Gasteiger partial charge >= 0.3 is 5.97 Å². The lowest BCUT2D eigenvalue weighted by molar-refractivity contribution is 0.0696. The minimum atomic E-state index is -0.999. The number of carbonyl (C=O) groups is 1. The van der Waals surface area contributed by atoms with Crippen LogP contribution in [0.15, 0.2) is 12.1 Å². The van der Waals surface area contributed by atoms with Gasteiger partial charge in [0.15, 0.2) is 0 Å². The third-order valence-electron chi connectivity index (χ3n) is 1.32. The van der Waals surface area contributed by atoms with Gasteiger partial charge in [-0.05, 0) is 34.7 Å². The Morgan fingerprint density at radius 2 is 2.17 bits per heavy atom. The summed E-state index contributed by atoms with van der Waals surface area (Å²) in [6, 6.07) is 2.88. The molecule has 0 aliphatic rings. The number of nitrogens with two attached hydrogens (primary N) is 1. The molecule has 0 saturated heterocycles. The first kappa shape index (κ1) is 9.60. The predicted octanol–water partition coefficient (Wildman–Crippen LogP) is 2.22. The highest BCUT2D eigenvalue weighted by Crippen LogP contribution is 2.24. The van der Waals surface area contributed by atoms with E-state index in [0.717, 1.165) is 0 Å². The number of halogens is 2. The van der Waals surface area contributed by atoms with Gasteiger partial charge in [-0.25, -0.2) is 4.79 Å². The van der Waals surface area contributed by atoms with Gasteiger partial charge in [0.05, 0.1) is 16.3 Å². The topological polar surface area (TPSA) is 63.3 Å². The number of benzene rings is 1. The lowest BCUT2D eigenvalue weighted by Crippen LogP contribution is -2.01. The van der Waals surface area contributed by atoms with Gasteiger partial charge in [-0.2, -0.15) is 0 Å². The second-order valence-corrected chi connectivity index (χ2v) is 3.73. The van der Waals surface area contributed by atoms with Gasteiger partial charge < -0.3 is 10.8 Å². The Hall–Kier alpha value is -0.490. The van der Waals surface area contributed by atoms with Crippen LogP contribution in [0.25, 0.3) is 0 Å². The van der Waals surface area contributed by atoms with Crippen molar-refractivity contribution < 1.29 is 9.90 Å². The van der Waals surface area contributed by atoms with Crippen LogP contribution >= 0.6 is 34.2 Å². The fourth-order valence-corrected chi connectivity index (χ4v) is 1.61. The third-order valence-corrected chi connectivity index (χ3v) is 2.54. The molecule has 0 radical (unpaired) electrons. The molecule has 0 bridgehead atoms. The number of anilines is 1. The Labute approximate surface area is 87.7 Å². The van der Waals surface area contributed by atoms with Crippen molar-refractivity contribution in [3.05, 3.63) is 26.3 Å². The SMILES string of the molecule is Nc1cc(I)c(C(=O)O)cc1Cl. The molecule has 0 fully saturated rings. The Morgan fingerprint density at radius 3 is 2.67 bits per heavy atom. The van der Waals surface area contributed by atoms with Crippen molar-refractivity contribution in [1.29, 1.82) is 0 Å². The Morgan fingerprint density at radius 1 is 1.58 bits per heavy atom. The molecule has 0 amide bonds. The normalized spacial score (nSPS) is 9.83. The second-order valence-electron chi connectivity index (χ2n) is 2.16. The highest BCUT2D eigenvalue weighted by atomic mass is 127.